The van der Waals surface area contributed by atoms with Gasteiger partial charge in [0, 0.05) is 5.56 Å². The third kappa shape index (κ3) is 6.01. The number of benzene rings is 2. The zero-order valence-electron chi connectivity index (χ0n) is 15.9. The summed E-state index contributed by atoms with van der Waals surface area (Å²) in [6.45, 7) is -0.614. The summed E-state index contributed by atoms with van der Waals surface area (Å²) >= 11 is 0. The van der Waals surface area contributed by atoms with Crippen LogP contribution in [0.4, 0.5) is 0 Å². The molecule has 8 heteroatoms. The van der Waals surface area contributed by atoms with E-state index in [4.69, 9.17) is 29.3 Å². The van der Waals surface area contributed by atoms with Crippen molar-refractivity contribution in [2.24, 2.45) is 0 Å². The molecule has 0 aliphatic heterocycles. The molecule has 1 N–H and O–H groups in total. The van der Waals surface area contributed by atoms with Gasteiger partial charge in [0.1, 0.15) is 6.07 Å². The van der Waals surface area contributed by atoms with E-state index in [1.54, 1.807) is 24.3 Å². The van der Waals surface area contributed by atoms with Gasteiger partial charge in [0.2, 0.25) is 0 Å². The smallest absolute Gasteiger partial charge is 0.341 e. The maximum atomic E-state index is 12.5. The number of rotatable bonds is 10. The molecular formula is C21H19NO7. The fourth-order valence-electron chi connectivity index (χ4n) is 2.36. The number of hydrogen-bond donors (Lipinski definition) is 1. The lowest BCUT2D eigenvalue weighted by atomic mass is 10.1. The summed E-state index contributed by atoms with van der Waals surface area (Å²) in [5.74, 6) is -0.0404. The zero-order valence-corrected chi connectivity index (χ0v) is 15.9. The van der Waals surface area contributed by atoms with Crippen molar-refractivity contribution in [3.63, 3.8) is 0 Å². The standard InChI is InChI=1S/C21H19NO7/c1-26-19-11-14(4-7-17(19)28-10-9-22)3-6-16(23)15-5-8-18(20(12-15)27-2)29-13-21(24)25/h3-8,11-12H,10,13H2,1-2H3,(H,24,25)/b6-3+. The molecule has 0 aromatic heterocycles. The molecule has 150 valence electrons. The number of aliphatic carboxylic acids is 1. The highest BCUT2D eigenvalue weighted by molar-refractivity contribution is 6.07. The van der Waals surface area contributed by atoms with Crippen LogP contribution in [0, 0.1) is 11.3 Å². The van der Waals surface area contributed by atoms with Crippen LogP contribution in [0.15, 0.2) is 42.5 Å². The minimum atomic E-state index is -1.12. The second-order valence-corrected chi connectivity index (χ2v) is 5.60. The summed E-state index contributed by atoms with van der Waals surface area (Å²) in [6.07, 6.45) is 3.00. The van der Waals surface area contributed by atoms with Gasteiger partial charge in [-0.15, -0.1) is 0 Å². The molecule has 0 amide bonds. The number of allylic oxidation sites excluding steroid dienone is 1. The van der Waals surface area contributed by atoms with Gasteiger partial charge in [0.05, 0.1) is 14.2 Å². The van der Waals surface area contributed by atoms with Crippen LogP contribution in [-0.4, -0.2) is 44.3 Å². The number of ether oxygens (including phenoxy) is 4. The van der Waals surface area contributed by atoms with Crippen molar-refractivity contribution in [3.8, 4) is 29.1 Å². The highest BCUT2D eigenvalue weighted by Gasteiger charge is 2.11. The number of ketones is 1. The Morgan fingerprint density at radius 3 is 2.31 bits per heavy atom. The Morgan fingerprint density at radius 2 is 1.66 bits per heavy atom. The predicted octanol–water partition coefficient (Wildman–Crippen LogP) is 2.97. The van der Waals surface area contributed by atoms with Gasteiger partial charge in [-0.25, -0.2) is 4.79 Å². The van der Waals surface area contributed by atoms with Crippen LogP contribution < -0.4 is 18.9 Å². The maximum absolute atomic E-state index is 12.5. The van der Waals surface area contributed by atoms with Gasteiger partial charge in [-0.1, -0.05) is 12.1 Å². The van der Waals surface area contributed by atoms with Crippen molar-refractivity contribution in [2.75, 3.05) is 27.4 Å². The third-order valence-corrected chi connectivity index (χ3v) is 3.71. The average molecular weight is 397 g/mol. The number of carboxylic acids is 1. The first kappa shape index (κ1) is 21.3. The molecule has 0 radical (unpaired) electrons. The molecule has 2 rings (SSSR count). The number of nitrogens with zero attached hydrogens (tertiary/aromatic N) is 1. The molecule has 2 aromatic carbocycles. The molecule has 0 aliphatic carbocycles. The molecule has 0 saturated heterocycles. The fourth-order valence-corrected chi connectivity index (χ4v) is 2.36. The third-order valence-electron chi connectivity index (χ3n) is 3.71. The average Bonchev–Trinajstić information content (AvgIpc) is 2.74. The summed E-state index contributed by atoms with van der Waals surface area (Å²) in [6, 6.07) is 11.4. The van der Waals surface area contributed by atoms with Crippen molar-refractivity contribution in [1.82, 2.24) is 0 Å². The highest BCUT2D eigenvalue weighted by atomic mass is 16.5. The topological polar surface area (TPSA) is 115 Å². The zero-order chi connectivity index (χ0) is 21.2. The molecule has 0 bridgehead atoms. The Balaban J connectivity index is 2.16. The minimum Gasteiger partial charge on any atom is -0.493 e. The monoisotopic (exact) mass is 397 g/mol. The van der Waals surface area contributed by atoms with Gasteiger partial charge < -0.3 is 24.1 Å². The summed E-state index contributed by atoms with van der Waals surface area (Å²) in [7, 11) is 2.88. The van der Waals surface area contributed by atoms with Gasteiger partial charge >= 0.3 is 5.97 Å². The lowest BCUT2D eigenvalue weighted by Gasteiger charge is -2.10. The lowest BCUT2D eigenvalue weighted by molar-refractivity contribution is -0.139. The molecule has 8 nitrogen and oxygen atoms in total. The molecule has 0 spiro atoms. The van der Waals surface area contributed by atoms with Crippen LogP contribution >= 0.6 is 0 Å². The molecule has 0 fully saturated rings. The van der Waals surface area contributed by atoms with E-state index in [9.17, 15) is 9.59 Å². The van der Waals surface area contributed by atoms with Crippen LogP contribution in [0.3, 0.4) is 0 Å². The fraction of sp³-hybridized carbons (Fsp3) is 0.190. The van der Waals surface area contributed by atoms with E-state index in [1.165, 1.54) is 38.5 Å². The molecule has 29 heavy (non-hydrogen) atoms. The number of methoxy groups -OCH3 is 2. The van der Waals surface area contributed by atoms with Crippen molar-refractivity contribution >= 4 is 17.8 Å². The maximum Gasteiger partial charge on any atom is 0.341 e. The highest BCUT2D eigenvalue weighted by Crippen LogP contribution is 2.30. The second kappa shape index (κ2) is 10.4. The number of carbonyl (C=O) groups is 2. The number of hydrogen-bond acceptors (Lipinski definition) is 7. The molecule has 0 aliphatic rings. The summed E-state index contributed by atoms with van der Waals surface area (Å²) in [5, 5.41) is 17.3. The van der Waals surface area contributed by atoms with Crippen LogP contribution in [0.2, 0.25) is 0 Å². The summed E-state index contributed by atoms with van der Waals surface area (Å²) in [5.41, 5.74) is 1.05. The number of carbonyl (C=O) groups excluding carboxylic acids is 1. The second-order valence-electron chi connectivity index (χ2n) is 5.60. The Kier molecular flexibility index (Phi) is 7.62. The minimum absolute atomic E-state index is 0.0992. The van der Waals surface area contributed by atoms with Crippen LogP contribution in [0.5, 0.6) is 23.0 Å². The Bertz CT molecular complexity index is 960. The van der Waals surface area contributed by atoms with Gasteiger partial charge in [-0.05, 0) is 42.0 Å². The summed E-state index contributed by atoms with van der Waals surface area (Å²) in [4.78, 5) is 23.1. The van der Waals surface area contributed by atoms with Crippen LogP contribution in [-0.2, 0) is 4.79 Å². The van der Waals surface area contributed by atoms with Crippen molar-refractivity contribution in [1.29, 1.82) is 5.26 Å². The van der Waals surface area contributed by atoms with Crippen molar-refractivity contribution < 1.29 is 33.6 Å². The molecule has 0 heterocycles. The Morgan fingerprint density at radius 1 is 1.00 bits per heavy atom. The van der Waals surface area contributed by atoms with Crippen molar-refractivity contribution in [3.05, 3.63) is 53.6 Å². The number of carboxylic acid groups (broad SMARTS) is 1. The van der Waals surface area contributed by atoms with E-state index in [0.29, 0.717) is 22.6 Å². The molecule has 0 atom stereocenters. The lowest BCUT2D eigenvalue weighted by Crippen LogP contribution is -2.10. The Labute approximate surface area is 167 Å². The molecule has 0 unspecified atom stereocenters. The van der Waals surface area contributed by atoms with Gasteiger partial charge in [0.25, 0.3) is 0 Å². The SMILES string of the molecule is COc1cc(/C=C/C(=O)c2ccc(OCC(=O)O)c(OC)c2)ccc1OCC#N. The quantitative estimate of drug-likeness (QED) is 0.481. The van der Waals surface area contributed by atoms with E-state index in [1.807, 2.05) is 6.07 Å². The predicted molar refractivity (Wildman–Crippen MR) is 104 cm³/mol. The van der Waals surface area contributed by atoms with E-state index in [-0.39, 0.29) is 23.9 Å². The first-order valence-corrected chi connectivity index (χ1v) is 8.41. The largest absolute Gasteiger partial charge is 0.493 e. The van der Waals surface area contributed by atoms with Gasteiger partial charge in [0.15, 0.2) is 42.0 Å². The van der Waals surface area contributed by atoms with E-state index < -0.39 is 12.6 Å². The van der Waals surface area contributed by atoms with E-state index >= 15 is 0 Å². The summed E-state index contributed by atoms with van der Waals surface area (Å²) < 4.78 is 20.8. The Hall–Kier alpha value is -3.99. The van der Waals surface area contributed by atoms with E-state index in [0.717, 1.165) is 0 Å². The molecular weight excluding hydrogens is 378 g/mol. The normalized spacial score (nSPS) is 10.2. The first-order chi connectivity index (χ1) is 14.0. The van der Waals surface area contributed by atoms with Gasteiger partial charge in [-0.2, -0.15) is 5.26 Å². The first-order valence-electron chi connectivity index (χ1n) is 8.41. The van der Waals surface area contributed by atoms with Crippen LogP contribution in [0.1, 0.15) is 15.9 Å². The van der Waals surface area contributed by atoms with Crippen molar-refractivity contribution in [2.45, 2.75) is 0 Å². The molecule has 0 saturated carbocycles. The van der Waals surface area contributed by atoms with E-state index in [2.05, 4.69) is 0 Å². The molecule has 2 aromatic rings. The number of nitriles is 1. The van der Waals surface area contributed by atoms with Gasteiger partial charge in [-0.3, -0.25) is 4.79 Å². The van der Waals surface area contributed by atoms with Crippen LogP contribution in [0.25, 0.3) is 6.08 Å².